The van der Waals surface area contributed by atoms with Crippen LogP contribution in [-0.4, -0.2) is 5.91 Å². The summed E-state index contributed by atoms with van der Waals surface area (Å²) in [5, 5.41) is 3.56. The van der Waals surface area contributed by atoms with Gasteiger partial charge in [0.05, 0.1) is 5.69 Å². The lowest BCUT2D eigenvalue weighted by Gasteiger charge is -2.06. The first-order chi connectivity index (χ1) is 10.0. The Balaban J connectivity index is 1.95. The molecule has 3 aromatic rings. The average molecular weight is 300 g/mol. The van der Waals surface area contributed by atoms with Crippen molar-refractivity contribution in [3.05, 3.63) is 58.7 Å². The molecular weight excluding hydrogens is 287 g/mol. The molecule has 21 heavy (non-hydrogen) atoms. The van der Waals surface area contributed by atoms with Crippen molar-refractivity contribution in [3.63, 3.8) is 0 Å². The van der Waals surface area contributed by atoms with Crippen molar-refractivity contribution in [2.24, 2.45) is 0 Å². The molecule has 0 bridgehead atoms. The zero-order chi connectivity index (χ0) is 15.0. The minimum atomic E-state index is -0.380. The maximum Gasteiger partial charge on any atom is 0.267 e. The van der Waals surface area contributed by atoms with E-state index in [2.05, 4.69) is 5.32 Å². The van der Waals surface area contributed by atoms with Gasteiger partial charge in [0.2, 0.25) is 0 Å². The highest BCUT2D eigenvalue weighted by molar-refractivity contribution is 7.21. The Morgan fingerprint density at radius 1 is 1.24 bits per heavy atom. The fourth-order valence-corrected chi connectivity index (χ4v) is 3.25. The molecule has 0 unspecified atom stereocenters. The fraction of sp³-hybridized carbons (Fsp3) is 0.0625. The van der Waals surface area contributed by atoms with E-state index < -0.39 is 0 Å². The van der Waals surface area contributed by atoms with Crippen LogP contribution >= 0.6 is 11.3 Å². The van der Waals surface area contributed by atoms with Crippen molar-refractivity contribution < 1.29 is 9.18 Å². The van der Waals surface area contributed by atoms with Gasteiger partial charge in [-0.3, -0.25) is 4.79 Å². The Hall–Kier alpha value is -2.40. The number of nitrogens with two attached hydrogens (primary N) is 1. The summed E-state index contributed by atoms with van der Waals surface area (Å²) < 4.78 is 14.3. The SMILES string of the molecule is Cc1cc(F)cc(NC(=O)c2sc3ccccc3c2N)c1. The molecule has 0 fully saturated rings. The van der Waals surface area contributed by atoms with Crippen LogP contribution in [0.3, 0.4) is 0 Å². The van der Waals surface area contributed by atoms with Crippen molar-refractivity contribution in [1.82, 2.24) is 0 Å². The molecule has 0 atom stereocenters. The summed E-state index contributed by atoms with van der Waals surface area (Å²) in [7, 11) is 0. The number of hydrogen-bond donors (Lipinski definition) is 2. The normalized spacial score (nSPS) is 10.8. The van der Waals surface area contributed by atoms with E-state index in [1.165, 1.54) is 23.5 Å². The van der Waals surface area contributed by atoms with Gasteiger partial charge in [0, 0.05) is 15.8 Å². The Labute approximate surface area is 125 Å². The standard InChI is InChI=1S/C16H13FN2OS/c1-9-6-10(17)8-11(7-9)19-16(20)15-14(18)12-4-2-3-5-13(12)21-15/h2-8H,18H2,1H3,(H,19,20). The Kier molecular flexibility index (Phi) is 3.35. The summed E-state index contributed by atoms with van der Waals surface area (Å²) in [6, 6.07) is 12.0. The number of thiophene rings is 1. The van der Waals surface area contributed by atoms with Gasteiger partial charge in [-0.2, -0.15) is 0 Å². The molecule has 3 rings (SSSR count). The molecule has 0 aliphatic heterocycles. The second-order valence-corrected chi connectivity index (χ2v) is 5.86. The number of halogens is 1. The lowest BCUT2D eigenvalue weighted by atomic mass is 10.2. The first-order valence-electron chi connectivity index (χ1n) is 6.40. The van der Waals surface area contributed by atoms with Crippen LogP contribution < -0.4 is 11.1 Å². The monoisotopic (exact) mass is 300 g/mol. The summed E-state index contributed by atoms with van der Waals surface area (Å²) in [6.45, 7) is 1.77. The predicted octanol–water partition coefficient (Wildman–Crippen LogP) is 4.18. The molecule has 0 aliphatic rings. The van der Waals surface area contributed by atoms with E-state index in [1.54, 1.807) is 13.0 Å². The molecule has 0 spiro atoms. The summed E-state index contributed by atoms with van der Waals surface area (Å²) >= 11 is 1.33. The number of fused-ring (bicyclic) bond motifs is 1. The Morgan fingerprint density at radius 2 is 2.00 bits per heavy atom. The van der Waals surface area contributed by atoms with Gasteiger partial charge in [-0.1, -0.05) is 18.2 Å². The van der Waals surface area contributed by atoms with Gasteiger partial charge in [0.25, 0.3) is 5.91 Å². The quantitative estimate of drug-likeness (QED) is 0.746. The zero-order valence-corrected chi connectivity index (χ0v) is 12.1. The minimum absolute atomic E-state index is 0.321. The number of aryl methyl sites for hydroxylation is 1. The molecule has 0 radical (unpaired) electrons. The molecule has 5 heteroatoms. The van der Waals surface area contributed by atoms with Crippen molar-refractivity contribution in [2.75, 3.05) is 11.1 Å². The van der Waals surface area contributed by atoms with Crippen molar-refractivity contribution >= 4 is 38.7 Å². The third-order valence-corrected chi connectivity index (χ3v) is 4.33. The van der Waals surface area contributed by atoms with E-state index in [0.29, 0.717) is 16.3 Å². The van der Waals surface area contributed by atoms with E-state index >= 15 is 0 Å². The van der Waals surface area contributed by atoms with E-state index in [9.17, 15) is 9.18 Å². The van der Waals surface area contributed by atoms with E-state index in [-0.39, 0.29) is 11.7 Å². The largest absolute Gasteiger partial charge is 0.397 e. The predicted molar refractivity (Wildman–Crippen MR) is 85.3 cm³/mol. The molecule has 3 nitrogen and oxygen atoms in total. The minimum Gasteiger partial charge on any atom is -0.397 e. The first kappa shape index (κ1) is 13.6. The third-order valence-electron chi connectivity index (χ3n) is 3.14. The number of rotatable bonds is 2. The van der Waals surface area contributed by atoms with Crippen LogP contribution in [0.2, 0.25) is 0 Å². The van der Waals surface area contributed by atoms with Crippen LogP contribution in [0.15, 0.2) is 42.5 Å². The lowest BCUT2D eigenvalue weighted by Crippen LogP contribution is -2.12. The number of benzene rings is 2. The fourth-order valence-electron chi connectivity index (χ4n) is 2.23. The highest BCUT2D eigenvalue weighted by Gasteiger charge is 2.16. The van der Waals surface area contributed by atoms with Gasteiger partial charge in [-0.15, -0.1) is 11.3 Å². The number of anilines is 2. The van der Waals surface area contributed by atoms with Crippen LogP contribution in [0, 0.1) is 12.7 Å². The first-order valence-corrected chi connectivity index (χ1v) is 7.22. The second kappa shape index (κ2) is 5.18. The molecule has 2 aromatic carbocycles. The molecule has 1 amide bonds. The molecule has 1 aromatic heterocycles. The number of amides is 1. The molecule has 3 N–H and O–H groups in total. The van der Waals surface area contributed by atoms with Gasteiger partial charge >= 0.3 is 0 Å². The van der Waals surface area contributed by atoms with E-state index in [4.69, 9.17) is 5.73 Å². The molecule has 0 aliphatic carbocycles. The summed E-state index contributed by atoms with van der Waals surface area (Å²) in [5.41, 5.74) is 7.66. The van der Waals surface area contributed by atoms with Gasteiger partial charge in [-0.05, 0) is 36.8 Å². The van der Waals surface area contributed by atoms with E-state index in [1.807, 2.05) is 24.3 Å². The maximum atomic E-state index is 13.4. The molecule has 0 saturated heterocycles. The summed E-state index contributed by atoms with van der Waals surface area (Å²) in [4.78, 5) is 12.8. The van der Waals surface area contributed by atoms with Crippen molar-refractivity contribution in [3.8, 4) is 0 Å². The lowest BCUT2D eigenvalue weighted by molar-refractivity contribution is 0.103. The highest BCUT2D eigenvalue weighted by Crippen LogP contribution is 2.33. The summed E-state index contributed by atoms with van der Waals surface area (Å²) in [5.74, 6) is -0.701. The van der Waals surface area contributed by atoms with Crippen LogP contribution in [0.4, 0.5) is 15.8 Å². The smallest absolute Gasteiger partial charge is 0.267 e. The maximum absolute atomic E-state index is 13.4. The van der Waals surface area contributed by atoms with Crippen molar-refractivity contribution in [1.29, 1.82) is 0 Å². The number of hydrogen-bond acceptors (Lipinski definition) is 3. The number of nitrogen functional groups attached to an aromatic ring is 1. The van der Waals surface area contributed by atoms with Crippen LogP contribution in [0.1, 0.15) is 15.2 Å². The topological polar surface area (TPSA) is 55.1 Å². The second-order valence-electron chi connectivity index (χ2n) is 4.81. The number of nitrogens with one attached hydrogen (secondary N) is 1. The molecule has 0 saturated carbocycles. The summed E-state index contributed by atoms with van der Waals surface area (Å²) in [6.07, 6.45) is 0. The van der Waals surface area contributed by atoms with Gasteiger partial charge in [-0.25, -0.2) is 4.39 Å². The van der Waals surface area contributed by atoms with Crippen LogP contribution in [0.25, 0.3) is 10.1 Å². The Bertz CT molecular complexity index is 821. The average Bonchev–Trinajstić information content (AvgIpc) is 2.76. The van der Waals surface area contributed by atoms with Crippen LogP contribution in [0.5, 0.6) is 0 Å². The van der Waals surface area contributed by atoms with Gasteiger partial charge < -0.3 is 11.1 Å². The number of carbonyl (C=O) groups excluding carboxylic acids is 1. The molecular formula is C16H13FN2OS. The molecule has 106 valence electrons. The zero-order valence-electron chi connectivity index (χ0n) is 11.3. The number of carbonyl (C=O) groups is 1. The molecule has 1 heterocycles. The third kappa shape index (κ3) is 2.60. The van der Waals surface area contributed by atoms with Crippen molar-refractivity contribution in [2.45, 2.75) is 6.92 Å². The van der Waals surface area contributed by atoms with Gasteiger partial charge in [0.1, 0.15) is 10.7 Å². The highest BCUT2D eigenvalue weighted by atomic mass is 32.1. The van der Waals surface area contributed by atoms with Gasteiger partial charge in [0.15, 0.2) is 0 Å². The van der Waals surface area contributed by atoms with Crippen LogP contribution in [-0.2, 0) is 0 Å². The van der Waals surface area contributed by atoms with E-state index in [0.717, 1.165) is 15.6 Å². The Morgan fingerprint density at radius 3 is 2.71 bits per heavy atom.